The predicted octanol–water partition coefficient (Wildman–Crippen LogP) is 3.14. The molecule has 1 N–H and O–H groups in total. The molecule has 5 nitrogen and oxygen atoms in total. The summed E-state index contributed by atoms with van der Waals surface area (Å²) in [6, 6.07) is 13.8. The third-order valence-electron chi connectivity index (χ3n) is 2.81. The number of nitro benzene ring substituents is 1. The van der Waals surface area contributed by atoms with E-state index in [0.29, 0.717) is 5.75 Å². The van der Waals surface area contributed by atoms with Gasteiger partial charge in [-0.15, -0.1) is 0 Å². The lowest BCUT2D eigenvalue weighted by molar-refractivity contribution is -0.384. The van der Waals surface area contributed by atoms with Crippen molar-refractivity contribution in [1.82, 2.24) is 0 Å². The first kappa shape index (κ1) is 14.7. The summed E-state index contributed by atoms with van der Waals surface area (Å²) in [6.45, 7) is 0.264. The van der Waals surface area contributed by atoms with Crippen LogP contribution < -0.4 is 4.74 Å². The van der Waals surface area contributed by atoms with Crippen LogP contribution in [-0.4, -0.2) is 23.2 Å². The SMILES string of the molecule is O=[N+]([O-])c1ccc(/C=C/c2ccc(OCCO)cc2)cc1. The van der Waals surface area contributed by atoms with Gasteiger partial charge in [-0.05, 0) is 35.4 Å². The summed E-state index contributed by atoms with van der Waals surface area (Å²) < 4.78 is 5.27. The van der Waals surface area contributed by atoms with Gasteiger partial charge >= 0.3 is 0 Å². The highest BCUT2D eigenvalue weighted by atomic mass is 16.6. The molecule has 0 aliphatic carbocycles. The van der Waals surface area contributed by atoms with Crippen LogP contribution in [0.25, 0.3) is 12.2 Å². The van der Waals surface area contributed by atoms with E-state index < -0.39 is 4.92 Å². The molecule has 21 heavy (non-hydrogen) atoms. The minimum Gasteiger partial charge on any atom is -0.491 e. The molecule has 5 heteroatoms. The number of ether oxygens (including phenoxy) is 1. The minimum atomic E-state index is -0.418. The van der Waals surface area contributed by atoms with Gasteiger partial charge in [0.25, 0.3) is 5.69 Å². The van der Waals surface area contributed by atoms with Gasteiger partial charge in [-0.1, -0.05) is 24.3 Å². The van der Waals surface area contributed by atoms with Crippen LogP contribution >= 0.6 is 0 Å². The van der Waals surface area contributed by atoms with Gasteiger partial charge in [0, 0.05) is 12.1 Å². The molecular weight excluding hydrogens is 270 g/mol. The molecule has 0 fully saturated rings. The van der Waals surface area contributed by atoms with E-state index in [4.69, 9.17) is 9.84 Å². The first-order chi connectivity index (χ1) is 10.2. The Morgan fingerprint density at radius 1 is 1.00 bits per heavy atom. The van der Waals surface area contributed by atoms with Crippen LogP contribution in [-0.2, 0) is 0 Å². The first-order valence-corrected chi connectivity index (χ1v) is 6.45. The van der Waals surface area contributed by atoms with Crippen molar-refractivity contribution in [3.05, 3.63) is 69.8 Å². The van der Waals surface area contributed by atoms with Crippen LogP contribution in [0.5, 0.6) is 5.75 Å². The minimum absolute atomic E-state index is 0.0121. The monoisotopic (exact) mass is 285 g/mol. The number of rotatable bonds is 6. The number of aliphatic hydroxyl groups is 1. The second-order valence-corrected chi connectivity index (χ2v) is 4.32. The summed E-state index contributed by atoms with van der Waals surface area (Å²) in [5.41, 5.74) is 1.96. The molecule has 0 spiro atoms. The van der Waals surface area contributed by atoms with E-state index in [1.807, 2.05) is 36.4 Å². The molecule has 0 bridgehead atoms. The van der Waals surface area contributed by atoms with Crippen molar-refractivity contribution < 1.29 is 14.8 Å². The van der Waals surface area contributed by atoms with Crippen LogP contribution in [0.2, 0.25) is 0 Å². The Kier molecular flexibility index (Phi) is 5.06. The van der Waals surface area contributed by atoms with Crippen molar-refractivity contribution in [2.24, 2.45) is 0 Å². The van der Waals surface area contributed by atoms with Crippen molar-refractivity contribution >= 4 is 17.8 Å². The highest BCUT2D eigenvalue weighted by Crippen LogP contribution is 2.16. The zero-order chi connectivity index (χ0) is 15.1. The molecule has 0 aliphatic rings. The summed E-state index contributed by atoms with van der Waals surface area (Å²) in [4.78, 5) is 10.1. The highest BCUT2D eigenvalue weighted by Gasteiger charge is 2.02. The van der Waals surface area contributed by atoms with Gasteiger partial charge in [0.2, 0.25) is 0 Å². The fourth-order valence-electron chi connectivity index (χ4n) is 1.74. The van der Waals surface area contributed by atoms with Crippen molar-refractivity contribution in [3.63, 3.8) is 0 Å². The lowest BCUT2D eigenvalue weighted by Crippen LogP contribution is -2.01. The van der Waals surface area contributed by atoms with Gasteiger partial charge in [0.15, 0.2) is 0 Å². The second-order valence-electron chi connectivity index (χ2n) is 4.32. The standard InChI is InChI=1S/C16H15NO4/c18-11-12-21-16-9-5-14(6-10-16)2-1-13-3-7-15(8-4-13)17(19)20/h1-10,18H,11-12H2/b2-1+. The van der Waals surface area contributed by atoms with E-state index in [2.05, 4.69) is 0 Å². The first-order valence-electron chi connectivity index (χ1n) is 6.45. The largest absolute Gasteiger partial charge is 0.491 e. The van der Waals surface area contributed by atoms with Crippen LogP contribution in [0.1, 0.15) is 11.1 Å². The van der Waals surface area contributed by atoms with Gasteiger partial charge in [0.1, 0.15) is 12.4 Å². The molecule has 0 radical (unpaired) electrons. The molecule has 2 aromatic rings. The van der Waals surface area contributed by atoms with E-state index in [1.165, 1.54) is 12.1 Å². The quantitative estimate of drug-likeness (QED) is 0.503. The highest BCUT2D eigenvalue weighted by molar-refractivity contribution is 5.70. The van der Waals surface area contributed by atoms with Gasteiger partial charge in [-0.3, -0.25) is 10.1 Å². The van der Waals surface area contributed by atoms with Crippen LogP contribution in [0.3, 0.4) is 0 Å². The third-order valence-corrected chi connectivity index (χ3v) is 2.81. The fraction of sp³-hybridized carbons (Fsp3) is 0.125. The molecule has 0 heterocycles. The molecule has 0 saturated heterocycles. The Bertz CT molecular complexity index is 618. The number of hydrogen-bond acceptors (Lipinski definition) is 4. The summed E-state index contributed by atoms with van der Waals surface area (Å²) in [6.07, 6.45) is 3.80. The second kappa shape index (κ2) is 7.21. The van der Waals surface area contributed by atoms with Gasteiger partial charge < -0.3 is 9.84 Å². The summed E-state index contributed by atoms with van der Waals surface area (Å²) >= 11 is 0. The third kappa shape index (κ3) is 4.43. The molecule has 2 aromatic carbocycles. The van der Waals surface area contributed by atoms with Crippen LogP contribution in [0, 0.1) is 10.1 Å². The molecular formula is C16H15NO4. The van der Waals surface area contributed by atoms with Gasteiger partial charge in [-0.25, -0.2) is 0 Å². The lowest BCUT2D eigenvalue weighted by atomic mass is 10.1. The zero-order valence-electron chi connectivity index (χ0n) is 11.3. The van der Waals surface area contributed by atoms with E-state index >= 15 is 0 Å². The molecule has 0 atom stereocenters. The van der Waals surface area contributed by atoms with Crippen molar-refractivity contribution in [2.75, 3.05) is 13.2 Å². The maximum atomic E-state index is 10.6. The Morgan fingerprint density at radius 3 is 2.00 bits per heavy atom. The average Bonchev–Trinajstić information content (AvgIpc) is 2.52. The van der Waals surface area contributed by atoms with Crippen LogP contribution in [0.4, 0.5) is 5.69 Å². The Balaban J connectivity index is 2.01. The fourth-order valence-corrected chi connectivity index (χ4v) is 1.74. The summed E-state index contributed by atoms with van der Waals surface area (Å²) in [5.74, 6) is 0.705. The zero-order valence-corrected chi connectivity index (χ0v) is 11.3. The number of aliphatic hydroxyl groups excluding tert-OH is 1. The molecule has 0 saturated carbocycles. The van der Waals surface area contributed by atoms with E-state index in [1.54, 1.807) is 12.1 Å². The van der Waals surface area contributed by atoms with E-state index in [-0.39, 0.29) is 18.9 Å². The smallest absolute Gasteiger partial charge is 0.269 e. The maximum Gasteiger partial charge on any atom is 0.269 e. The Morgan fingerprint density at radius 2 is 1.52 bits per heavy atom. The summed E-state index contributed by atoms with van der Waals surface area (Å²) in [5, 5.41) is 19.2. The topological polar surface area (TPSA) is 72.6 Å². The number of non-ortho nitro benzene ring substituents is 1. The Labute approximate surface area is 122 Å². The predicted molar refractivity (Wildman–Crippen MR) is 81.0 cm³/mol. The van der Waals surface area contributed by atoms with Crippen LogP contribution in [0.15, 0.2) is 48.5 Å². The van der Waals surface area contributed by atoms with Crippen molar-refractivity contribution in [3.8, 4) is 5.75 Å². The maximum absolute atomic E-state index is 10.6. The number of nitrogens with zero attached hydrogens (tertiary/aromatic N) is 1. The molecule has 0 amide bonds. The Hall–Kier alpha value is -2.66. The number of nitro groups is 1. The van der Waals surface area contributed by atoms with Crippen molar-refractivity contribution in [1.29, 1.82) is 0 Å². The van der Waals surface area contributed by atoms with Gasteiger partial charge in [0.05, 0.1) is 11.5 Å². The molecule has 108 valence electrons. The van der Waals surface area contributed by atoms with E-state index in [9.17, 15) is 10.1 Å². The molecule has 2 rings (SSSR count). The average molecular weight is 285 g/mol. The molecule has 0 aromatic heterocycles. The molecule has 0 aliphatic heterocycles. The summed E-state index contributed by atoms with van der Waals surface area (Å²) in [7, 11) is 0. The normalized spacial score (nSPS) is 10.7. The number of benzene rings is 2. The molecule has 0 unspecified atom stereocenters. The van der Waals surface area contributed by atoms with Gasteiger partial charge in [-0.2, -0.15) is 0 Å². The van der Waals surface area contributed by atoms with Crippen molar-refractivity contribution in [2.45, 2.75) is 0 Å². The lowest BCUT2D eigenvalue weighted by Gasteiger charge is -2.03. The number of hydrogen-bond donors (Lipinski definition) is 1. The van der Waals surface area contributed by atoms with E-state index in [0.717, 1.165) is 11.1 Å².